The number of hydrogen-bond acceptors (Lipinski definition) is 3. The molecule has 2 aromatic rings. The highest BCUT2D eigenvalue weighted by molar-refractivity contribution is 7.80. The highest BCUT2D eigenvalue weighted by Gasteiger charge is 2.17. The second kappa shape index (κ2) is 7.62. The van der Waals surface area contributed by atoms with Crippen LogP contribution in [0.15, 0.2) is 42.5 Å². The van der Waals surface area contributed by atoms with E-state index in [2.05, 4.69) is 4.90 Å². The van der Waals surface area contributed by atoms with Gasteiger partial charge in [-0.3, -0.25) is 0 Å². The summed E-state index contributed by atoms with van der Waals surface area (Å²) in [6, 6.07) is 12.0. The van der Waals surface area contributed by atoms with Gasteiger partial charge in [0, 0.05) is 18.7 Å². The maximum absolute atomic E-state index is 12.9. The van der Waals surface area contributed by atoms with Crippen LogP contribution in [0.3, 0.4) is 0 Å². The van der Waals surface area contributed by atoms with Gasteiger partial charge in [-0.1, -0.05) is 24.4 Å². The first-order valence-electron chi connectivity index (χ1n) is 8.02. The highest BCUT2D eigenvalue weighted by atomic mass is 32.1. The molecule has 126 valence electrons. The molecule has 2 aromatic carbocycles. The van der Waals surface area contributed by atoms with Crippen LogP contribution in [0.2, 0.25) is 0 Å². The normalized spacial score (nSPS) is 13.8. The molecular formula is C19H20FNO2S. The molecule has 3 rings (SSSR count). The van der Waals surface area contributed by atoms with Crippen LogP contribution in [0.1, 0.15) is 24.0 Å². The average Bonchev–Trinajstić information content (AvgIpc) is 3.15. The number of ether oxygens (including phenoxy) is 2. The number of methoxy groups -OCH3 is 1. The van der Waals surface area contributed by atoms with Crippen LogP contribution in [0.5, 0.6) is 11.5 Å². The van der Waals surface area contributed by atoms with Crippen molar-refractivity contribution in [3.8, 4) is 11.5 Å². The summed E-state index contributed by atoms with van der Waals surface area (Å²) < 4.78 is 24.2. The van der Waals surface area contributed by atoms with Crippen molar-refractivity contribution in [1.29, 1.82) is 0 Å². The second-order valence-electron chi connectivity index (χ2n) is 5.78. The third-order valence-corrected chi connectivity index (χ3v) is 4.61. The Morgan fingerprint density at radius 2 is 1.79 bits per heavy atom. The molecule has 0 aliphatic carbocycles. The number of hydrogen-bond donors (Lipinski definition) is 0. The zero-order chi connectivity index (χ0) is 16.9. The molecule has 3 nitrogen and oxygen atoms in total. The van der Waals surface area contributed by atoms with Crippen molar-refractivity contribution < 1.29 is 13.9 Å². The second-order valence-corrected chi connectivity index (χ2v) is 6.17. The lowest BCUT2D eigenvalue weighted by atomic mass is 10.2. The molecule has 1 saturated heterocycles. The summed E-state index contributed by atoms with van der Waals surface area (Å²) in [5.41, 5.74) is 1.87. The molecular weight excluding hydrogens is 325 g/mol. The SMILES string of the molecule is COc1cc(C(=S)N2CCCC2)ccc1OCc1ccc(F)cc1. The van der Waals surface area contributed by atoms with E-state index in [-0.39, 0.29) is 5.82 Å². The summed E-state index contributed by atoms with van der Waals surface area (Å²) in [6.45, 7) is 2.39. The molecule has 0 N–H and O–H groups in total. The Morgan fingerprint density at radius 3 is 2.46 bits per heavy atom. The summed E-state index contributed by atoms with van der Waals surface area (Å²) in [7, 11) is 1.61. The molecule has 0 amide bonds. The number of benzene rings is 2. The molecule has 0 spiro atoms. The van der Waals surface area contributed by atoms with E-state index in [1.165, 1.54) is 25.0 Å². The fourth-order valence-corrected chi connectivity index (χ4v) is 3.07. The van der Waals surface area contributed by atoms with Crippen molar-refractivity contribution in [3.63, 3.8) is 0 Å². The van der Waals surface area contributed by atoms with Gasteiger partial charge in [-0.05, 0) is 48.7 Å². The molecule has 0 saturated carbocycles. The Labute approximate surface area is 147 Å². The minimum atomic E-state index is -0.254. The third-order valence-electron chi connectivity index (χ3n) is 4.11. The summed E-state index contributed by atoms with van der Waals surface area (Å²) in [4.78, 5) is 3.08. The van der Waals surface area contributed by atoms with Crippen molar-refractivity contribution >= 4 is 17.2 Å². The summed E-state index contributed by atoms with van der Waals surface area (Å²) in [5, 5.41) is 0. The van der Waals surface area contributed by atoms with Gasteiger partial charge in [0.2, 0.25) is 0 Å². The standard InChI is InChI=1S/C19H20FNO2S/c1-22-18-12-15(19(24)21-10-2-3-11-21)6-9-17(18)23-13-14-4-7-16(20)8-5-14/h4-9,12H,2-3,10-11,13H2,1H3. The Balaban J connectivity index is 1.71. The van der Waals surface area contributed by atoms with Crippen LogP contribution in [0, 0.1) is 5.82 Å². The van der Waals surface area contributed by atoms with Crippen LogP contribution >= 0.6 is 12.2 Å². The van der Waals surface area contributed by atoms with E-state index in [4.69, 9.17) is 21.7 Å². The lowest BCUT2D eigenvalue weighted by Gasteiger charge is -2.19. The van der Waals surface area contributed by atoms with Crippen molar-refractivity contribution in [2.24, 2.45) is 0 Å². The van der Waals surface area contributed by atoms with Crippen molar-refractivity contribution in [2.45, 2.75) is 19.4 Å². The molecule has 0 aromatic heterocycles. The van der Waals surface area contributed by atoms with Crippen LogP contribution in [-0.2, 0) is 6.61 Å². The average molecular weight is 345 g/mol. The molecule has 0 unspecified atom stereocenters. The monoisotopic (exact) mass is 345 g/mol. The van der Waals surface area contributed by atoms with Crippen LogP contribution < -0.4 is 9.47 Å². The van der Waals surface area contributed by atoms with Gasteiger partial charge in [-0.25, -0.2) is 4.39 Å². The first-order valence-corrected chi connectivity index (χ1v) is 8.43. The Bertz CT molecular complexity index is 712. The molecule has 1 aliphatic rings. The number of halogens is 1. The van der Waals surface area contributed by atoms with E-state index < -0.39 is 0 Å². The number of rotatable bonds is 5. The molecule has 1 fully saturated rings. The van der Waals surface area contributed by atoms with E-state index in [1.807, 2.05) is 18.2 Å². The summed E-state index contributed by atoms with van der Waals surface area (Å²) >= 11 is 5.58. The van der Waals surface area contributed by atoms with Gasteiger partial charge in [0.1, 0.15) is 17.4 Å². The first kappa shape index (κ1) is 16.7. The van der Waals surface area contributed by atoms with E-state index in [0.29, 0.717) is 18.1 Å². The maximum atomic E-state index is 12.9. The fraction of sp³-hybridized carbons (Fsp3) is 0.316. The summed E-state index contributed by atoms with van der Waals surface area (Å²) in [5.74, 6) is 1.04. The molecule has 0 atom stereocenters. The quantitative estimate of drug-likeness (QED) is 0.758. The van der Waals surface area contributed by atoms with Gasteiger partial charge in [0.15, 0.2) is 11.5 Å². The molecule has 1 aliphatic heterocycles. The number of nitrogens with zero attached hydrogens (tertiary/aromatic N) is 1. The Kier molecular flexibility index (Phi) is 5.30. The van der Waals surface area contributed by atoms with Gasteiger partial charge >= 0.3 is 0 Å². The highest BCUT2D eigenvalue weighted by Crippen LogP contribution is 2.30. The molecule has 1 heterocycles. The largest absolute Gasteiger partial charge is 0.493 e. The zero-order valence-electron chi connectivity index (χ0n) is 13.6. The van der Waals surface area contributed by atoms with E-state index in [1.54, 1.807) is 19.2 Å². The number of thiocarbonyl (C=S) groups is 1. The van der Waals surface area contributed by atoms with Crippen molar-refractivity contribution in [2.75, 3.05) is 20.2 Å². The minimum absolute atomic E-state index is 0.254. The van der Waals surface area contributed by atoms with Gasteiger partial charge < -0.3 is 14.4 Å². The van der Waals surface area contributed by atoms with Gasteiger partial charge in [-0.2, -0.15) is 0 Å². The number of likely N-dealkylation sites (tertiary alicyclic amines) is 1. The molecule has 24 heavy (non-hydrogen) atoms. The predicted molar refractivity (Wildman–Crippen MR) is 96.2 cm³/mol. The van der Waals surface area contributed by atoms with Crippen LogP contribution in [0.4, 0.5) is 4.39 Å². The topological polar surface area (TPSA) is 21.7 Å². The molecule has 5 heteroatoms. The zero-order valence-corrected chi connectivity index (χ0v) is 14.4. The van der Waals surface area contributed by atoms with E-state index in [9.17, 15) is 4.39 Å². The smallest absolute Gasteiger partial charge is 0.161 e. The van der Waals surface area contributed by atoms with Gasteiger partial charge in [0.05, 0.1) is 7.11 Å². The molecule has 0 radical (unpaired) electrons. The third kappa shape index (κ3) is 3.85. The maximum Gasteiger partial charge on any atom is 0.161 e. The fourth-order valence-electron chi connectivity index (χ4n) is 2.76. The lowest BCUT2D eigenvalue weighted by Crippen LogP contribution is -2.26. The summed E-state index contributed by atoms with van der Waals surface area (Å²) in [6.07, 6.45) is 2.38. The van der Waals surface area contributed by atoms with E-state index in [0.717, 1.165) is 29.2 Å². The lowest BCUT2D eigenvalue weighted by molar-refractivity contribution is 0.284. The Hall–Kier alpha value is -2.14. The molecule has 0 bridgehead atoms. The van der Waals surface area contributed by atoms with Crippen LogP contribution in [0.25, 0.3) is 0 Å². The van der Waals surface area contributed by atoms with E-state index >= 15 is 0 Å². The van der Waals surface area contributed by atoms with Crippen LogP contribution in [-0.4, -0.2) is 30.1 Å². The van der Waals surface area contributed by atoms with Crippen molar-refractivity contribution in [3.05, 3.63) is 59.4 Å². The Morgan fingerprint density at radius 1 is 1.08 bits per heavy atom. The van der Waals surface area contributed by atoms with Gasteiger partial charge in [-0.15, -0.1) is 0 Å². The first-order chi connectivity index (χ1) is 11.7. The predicted octanol–water partition coefficient (Wildman–Crippen LogP) is 4.18. The minimum Gasteiger partial charge on any atom is -0.493 e. The van der Waals surface area contributed by atoms with Gasteiger partial charge in [0.25, 0.3) is 0 Å². The van der Waals surface area contributed by atoms with Crippen molar-refractivity contribution in [1.82, 2.24) is 4.90 Å².